The van der Waals surface area contributed by atoms with E-state index in [2.05, 4.69) is 16.5 Å². The third-order valence-corrected chi connectivity index (χ3v) is 4.25. The number of aromatic nitrogens is 2. The molecule has 0 aliphatic carbocycles. The lowest BCUT2D eigenvalue weighted by Crippen LogP contribution is -2.09. The standard InChI is InChI=1S/C25H24N2O4/c1-4-15-31-22-14-12-18(16-23(22)29-3)11-13-20-17-21(25(28)30-5-2)27-24(26-20)19-9-7-6-8-10-19/h4,6-14,16-17H,1,5,15H2,2-3H3/b13-11+. The minimum atomic E-state index is -0.484. The van der Waals surface area contributed by atoms with Gasteiger partial charge in [0.1, 0.15) is 6.61 Å². The molecule has 0 fully saturated rings. The van der Waals surface area contributed by atoms with Crippen molar-refractivity contribution in [2.45, 2.75) is 6.92 Å². The Kier molecular flexibility index (Phi) is 7.54. The van der Waals surface area contributed by atoms with Gasteiger partial charge in [-0.05, 0) is 36.8 Å². The van der Waals surface area contributed by atoms with E-state index in [0.717, 1.165) is 11.1 Å². The number of ether oxygens (including phenoxy) is 3. The molecule has 3 rings (SSSR count). The van der Waals surface area contributed by atoms with Crippen LogP contribution in [-0.2, 0) is 4.74 Å². The molecule has 1 aromatic heterocycles. The number of methoxy groups -OCH3 is 1. The highest BCUT2D eigenvalue weighted by Crippen LogP contribution is 2.29. The number of carbonyl (C=O) groups excluding carboxylic acids is 1. The third kappa shape index (κ3) is 5.79. The maximum atomic E-state index is 12.3. The summed E-state index contributed by atoms with van der Waals surface area (Å²) >= 11 is 0. The zero-order valence-electron chi connectivity index (χ0n) is 17.6. The predicted molar refractivity (Wildman–Crippen MR) is 121 cm³/mol. The lowest BCUT2D eigenvalue weighted by Gasteiger charge is -2.10. The van der Waals surface area contributed by atoms with Crippen LogP contribution >= 0.6 is 0 Å². The molecular weight excluding hydrogens is 392 g/mol. The topological polar surface area (TPSA) is 70.5 Å². The van der Waals surface area contributed by atoms with Crippen molar-refractivity contribution >= 4 is 18.1 Å². The summed E-state index contributed by atoms with van der Waals surface area (Å²) in [7, 11) is 1.59. The number of nitrogens with zero attached hydrogens (tertiary/aromatic N) is 2. The molecule has 0 aliphatic rings. The van der Waals surface area contributed by atoms with Crippen LogP contribution in [0.3, 0.4) is 0 Å². The van der Waals surface area contributed by atoms with Crippen molar-refractivity contribution in [2.75, 3.05) is 20.3 Å². The first-order valence-electron chi connectivity index (χ1n) is 9.86. The van der Waals surface area contributed by atoms with Crippen LogP contribution in [0.5, 0.6) is 11.5 Å². The van der Waals surface area contributed by atoms with Crippen LogP contribution in [0.15, 0.2) is 67.3 Å². The molecule has 0 atom stereocenters. The number of esters is 1. The van der Waals surface area contributed by atoms with Crippen molar-refractivity contribution < 1.29 is 19.0 Å². The molecule has 1 heterocycles. The summed E-state index contributed by atoms with van der Waals surface area (Å²) in [4.78, 5) is 21.3. The van der Waals surface area contributed by atoms with E-state index in [1.807, 2.05) is 60.7 Å². The molecule has 0 spiro atoms. The van der Waals surface area contributed by atoms with Crippen LogP contribution in [-0.4, -0.2) is 36.3 Å². The van der Waals surface area contributed by atoms with Gasteiger partial charge in [0.05, 0.1) is 19.4 Å². The van der Waals surface area contributed by atoms with E-state index in [1.165, 1.54) is 0 Å². The SMILES string of the molecule is C=CCOc1ccc(/C=C/c2cc(C(=O)OCC)nc(-c3ccccc3)n2)cc1OC. The summed E-state index contributed by atoms with van der Waals surface area (Å²) in [5.41, 5.74) is 2.50. The van der Waals surface area contributed by atoms with Gasteiger partial charge >= 0.3 is 5.97 Å². The van der Waals surface area contributed by atoms with Crippen LogP contribution in [0.25, 0.3) is 23.5 Å². The lowest BCUT2D eigenvalue weighted by molar-refractivity contribution is 0.0519. The van der Waals surface area contributed by atoms with Gasteiger partial charge in [-0.15, -0.1) is 0 Å². The van der Waals surface area contributed by atoms with Gasteiger partial charge in [-0.2, -0.15) is 0 Å². The van der Waals surface area contributed by atoms with Gasteiger partial charge in [0.25, 0.3) is 0 Å². The maximum Gasteiger partial charge on any atom is 0.357 e. The van der Waals surface area contributed by atoms with E-state index >= 15 is 0 Å². The Labute approximate surface area is 181 Å². The van der Waals surface area contributed by atoms with E-state index in [9.17, 15) is 4.79 Å². The number of hydrogen-bond acceptors (Lipinski definition) is 6. The molecule has 0 N–H and O–H groups in total. The molecular formula is C25H24N2O4. The van der Waals surface area contributed by atoms with E-state index in [1.54, 1.807) is 26.2 Å². The van der Waals surface area contributed by atoms with Crippen molar-refractivity contribution in [3.05, 3.63) is 84.2 Å². The Balaban J connectivity index is 1.94. The molecule has 31 heavy (non-hydrogen) atoms. The van der Waals surface area contributed by atoms with E-state index < -0.39 is 5.97 Å². The van der Waals surface area contributed by atoms with Crippen molar-refractivity contribution in [2.24, 2.45) is 0 Å². The van der Waals surface area contributed by atoms with Crippen LogP contribution < -0.4 is 9.47 Å². The van der Waals surface area contributed by atoms with Gasteiger partial charge in [0, 0.05) is 5.56 Å². The molecule has 0 aliphatic heterocycles. The molecule has 0 unspecified atom stereocenters. The Morgan fingerprint density at radius 1 is 1.03 bits per heavy atom. The van der Waals surface area contributed by atoms with Crippen LogP contribution in [0, 0.1) is 0 Å². The van der Waals surface area contributed by atoms with Gasteiger partial charge in [-0.1, -0.05) is 55.1 Å². The fourth-order valence-electron chi connectivity index (χ4n) is 2.81. The Hall–Kier alpha value is -3.93. The van der Waals surface area contributed by atoms with E-state index in [4.69, 9.17) is 14.2 Å². The Morgan fingerprint density at radius 3 is 2.55 bits per heavy atom. The minimum Gasteiger partial charge on any atom is -0.493 e. The summed E-state index contributed by atoms with van der Waals surface area (Å²) in [5.74, 6) is 1.22. The predicted octanol–water partition coefficient (Wildman–Crippen LogP) is 5.06. The van der Waals surface area contributed by atoms with E-state index in [0.29, 0.717) is 29.6 Å². The van der Waals surface area contributed by atoms with Crippen molar-refractivity contribution in [1.29, 1.82) is 0 Å². The van der Waals surface area contributed by atoms with Gasteiger partial charge in [-0.3, -0.25) is 0 Å². The van der Waals surface area contributed by atoms with Crippen molar-refractivity contribution in [3.63, 3.8) is 0 Å². The molecule has 0 saturated carbocycles. The van der Waals surface area contributed by atoms with Crippen LogP contribution in [0.2, 0.25) is 0 Å². The maximum absolute atomic E-state index is 12.3. The highest BCUT2D eigenvalue weighted by atomic mass is 16.5. The summed E-state index contributed by atoms with van der Waals surface area (Å²) in [5, 5.41) is 0. The second-order valence-electron chi connectivity index (χ2n) is 6.43. The smallest absolute Gasteiger partial charge is 0.357 e. The molecule has 0 saturated heterocycles. The molecule has 0 bridgehead atoms. The quantitative estimate of drug-likeness (QED) is 0.359. The minimum absolute atomic E-state index is 0.209. The zero-order chi connectivity index (χ0) is 22.1. The molecule has 0 radical (unpaired) electrons. The average molecular weight is 416 g/mol. The highest BCUT2D eigenvalue weighted by Gasteiger charge is 2.13. The fraction of sp³-hybridized carbons (Fsp3) is 0.160. The van der Waals surface area contributed by atoms with Crippen molar-refractivity contribution in [3.8, 4) is 22.9 Å². The number of carbonyl (C=O) groups is 1. The number of rotatable bonds is 9. The first kappa shape index (κ1) is 21.8. The third-order valence-electron chi connectivity index (χ3n) is 4.25. The molecule has 158 valence electrons. The molecule has 0 amide bonds. The zero-order valence-corrected chi connectivity index (χ0v) is 17.6. The normalized spacial score (nSPS) is 10.6. The van der Waals surface area contributed by atoms with Gasteiger partial charge in [0.15, 0.2) is 23.0 Å². The largest absolute Gasteiger partial charge is 0.493 e. The monoisotopic (exact) mass is 416 g/mol. The summed E-state index contributed by atoms with van der Waals surface area (Å²) in [6, 6.07) is 16.7. The summed E-state index contributed by atoms with van der Waals surface area (Å²) in [6.07, 6.45) is 5.37. The molecule has 2 aromatic carbocycles. The van der Waals surface area contributed by atoms with Crippen LogP contribution in [0.4, 0.5) is 0 Å². The van der Waals surface area contributed by atoms with E-state index in [-0.39, 0.29) is 12.3 Å². The fourth-order valence-corrected chi connectivity index (χ4v) is 2.81. The Bertz CT molecular complexity index is 1080. The summed E-state index contributed by atoms with van der Waals surface area (Å²) in [6.45, 7) is 6.07. The number of hydrogen-bond donors (Lipinski definition) is 0. The average Bonchev–Trinajstić information content (AvgIpc) is 2.82. The van der Waals surface area contributed by atoms with Gasteiger partial charge in [-0.25, -0.2) is 14.8 Å². The number of benzene rings is 2. The highest BCUT2D eigenvalue weighted by molar-refractivity contribution is 5.88. The van der Waals surface area contributed by atoms with Crippen LogP contribution in [0.1, 0.15) is 28.7 Å². The van der Waals surface area contributed by atoms with Gasteiger partial charge in [0.2, 0.25) is 0 Å². The summed E-state index contributed by atoms with van der Waals surface area (Å²) < 4.78 is 16.1. The second-order valence-corrected chi connectivity index (χ2v) is 6.43. The molecule has 6 nitrogen and oxygen atoms in total. The first-order chi connectivity index (χ1) is 15.1. The van der Waals surface area contributed by atoms with Crippen molar-refractivity contribution in [1.82, 2.24) is 9.97 Å². The molecule has 3 aromatic rings. The van der Waals surface area contributed by atoms with Gasteiger partial charge < -0.3 is 14.2 Å². The Morgan fingerprint density at radius 2 is 1.84 bits per heavy atom. The lowest BCUT2D eigenvalue weighted by atomic mass is 10.1. The first-order valence-corrected chi connectivity index (χ1v) is 9.86. The second kappa shape index (κ2) is 10.7. The molecule has 6 heteroatoms.